The third-order valence-corrected chi connectivity index (χ3v) is 6.45. The van der Waals surface area contributed by atoms with Crippen LogP contribution in [0.1, 0.15) is 49.7 Å². The number of aryl methyl sites for hydroxylation is 1. The van der Waals surface area contributed by atoms with Crippen LogP contribution in [0.4, 0.5) is 23.2 Å². The van der Waals surface area contributed by atoms with Gasteiger partial charge in [-0.25, -0.2) is 24.4 Å². The van der Waals surface area contributed by atoms with E-state index in [4.69, 9.17) is 0 Å². The molecule has 1 atom stereocenters. The van der Waals surface area contributed by atoms with E-state index in [0.29, 0.717) is 24.3 Å². The normalized spacial score (nSPS) is 14.6. The number of hydrogen-bond acceptors (Lipinski definition) is 7. The highest BCUT2D eigenvalue weighted by atomic mass is 19.4. The molecule has 1 saturated carbocycles. The standard InChI is InChI=1S/C25H23F4N7O2/c1-13(34-20-11-33-35-23(37)21(20)25(27,28)29)3-2-6-36-12-32-19-8-16(18(26)7-17(19)24(36)38)22-30-9-15(10-31-22)14-4-5-14/h7-14H,2-6H2,1H3,(H2,34,35,37)/t13-/m0/s1. The fourth-order valence-electron chi connectivity index (χ4n) is 4.31. The van der Waals surface area contributed by atoms with Crippen molar-refractivity contribution in [1.29, 1.82) is 0 Å². The van der Waals surface area contributed by atoms with Crippen molar-refractivity contribution in [3.8, 4) is 11.4 Å². The molecule has 198 valence electrons. The monoisotopic (exact) mass is 529 g/mol. The molecule has 1 aliphatic carbocycles. The van der Waals surface area contributed by atoms with Crippen LogP contribution in [-0.4, -0.2) is 35.8 Å². The summed E-state index contributed by atoms with van der Waals surface area (Å²) in [4.78, 5) is 37.4. The van der Waals surface area contributed by atoms with Gasteiger partial charge in [0.2, 0.25) is 0 Å². The van der Waals surface area contributed by atoms with E-state index in [2.05, 4.69) is 25.4 Å². The lowest BCUT2D eigenvalue weighted by Crippen LogP contribution is -2.27. The van der Waals surface area contributed by atoms with Crippen LogP contribution < -0.4 is 16.4 Å². The molecule has 3 heterocycles. The number of halogens is 4. The topological polar surface area (TPSA) is 118 Å². The molecule has 9 nitrogen and oxygen atoms in total. The van der Waals surface area contributed by atoms with E-state index in [1.807, 2.05) is 0 Å². The minimum absolute atomic E-state index is 0.0962. The molecule has 0 unspecified atom stereocenters. The molecule has 1 aromatic carbocycles. The highest BCUT2D eigenvalue weighted by Gasteiger charge is 2.37. The van der Waals surface area contributed by atoms with Crippen LogP contribution in [-0.2, 0) is 12.7 Å². The second kappa shape index (κ2) is 9.95. The first kappa shape index (κ1) is 25.5. The quantitative estimate of drug-likeness (QED) is 0.328. The fraction of sp³-hybridized carbons (Fsp3) is 0.360. The second-order valence-electron chi connectivity index (χ2n) is 9.38. The zero-order valence-electron chi connectivity index (χ0n) is 20.2. The summed E-state index contributed by atoms with van der Waals surface area (Å²) >= 11 is 0. The molecule has 0 amide bonds. The number of aromatic nitrogens is 6. The van der Waals surface area contributed by atoms with E-state index < -0.39 is 40.4 Å². The first-order valence-corrected chi connectivity index (χ1v) is 12.0. The number of nitrogens with zero attached hydrogens (tertiary/aromatic N) is 5. The minimum atomic E-state index is -4.84. The average Bonchev–Trinajstić information content (AvgIpc) is 3.71. The number of rotatable bonds is 8. The van der Waals surface area contributed by atoms with Gasteiger partial charge in [0.1, 0.15) is 11.4 Å². The molecule has 2 N–H and O–H groups in total. The Bertz CT molecular complexity index is 1600. The molecule has 0 saturated heterocycles. The highest BCUT2D eigenvalue weighted by Crippen LogP contribution is 2.39. The van der Waals surface area contributed by atoms with Gasteiger partial charge in [-0.15, -0.1) is 0 Å². The van der Waals surface area contributed by atoms with Crippen molar-refractivity contribution in [3.05, 3.63) is 74.7 Å². The van der Waals surface area contributed by atoms with Crippen LogP contribution in [0.15, 0.2) is 46.6 Å². The van der Waals surface area contributed by atoms with Crippen LogP contribution in [0.25, 0.3) is 22.3 Å². The number of aromatic amines is 1. The second-order valence-corrected chi connectivity index (χ2v) is 9.38. The van der Waals surface area contributed by atoms with Crippen molar-refractivity contribution in [3.63, 3.8) is 0 Å². The zero-order chi connectivity index (χ0) is 27.0. The Morgan fingerprint density at radius 3 is 2.55 bits per heavy atom. The number of H-pyrrole nitrogens is 1. The van der Waals surface area contributed by atoms with Crippen LogP contribution in [0.5, 0.6) is 0 Å². The lowest BCUT2D eigenvalue weighted by Gasteiger charge is -2.18. The molecule has 1 aliphatic rings. The van der Waals surface area contributed by atoms with Crippen LogP contribution >= 0.6 is 0 Å². The summed E-state index contributed by atoms with van der Waals surface area (Å²) in [5.74, 6) is 0.0464. The van der Waals surface area contributed by atoms with E-state index in [0.717, 1.165) is 30.7 Å². The summed E-state index contributed by atoms with van der Waals surface area (Å²) in [6, 6.07) is 2.11. The zero-order valence-corrected chi connectivity index (χ0v) is 20.2. The van der Waals surface area contributed by atoms with E-state index >= 15 is 0 Å². The molecule has 1 fully saturated rings. The number of benzene rings is 1. The lowest BCUT2D eigenvalue weighted by atomic mass is 10.1. The molecule has 0 bridgehead atoms. The number of fused-ring (bicyclic) bond motifs is 1. The Kier molecular flexibility index (Phi) is 6.67. The van der Waals surface area contributed by atoms with Gasteiger partial charge in [-0.3, -0.25) is 14.2 Å². The van der Waals surface area contributed by atoms with E-state index in [1.54, 1.807) is 24.4 Å². The van der Waals surface area contributed by atoms with E-state index in [-0.39, 0.29) is 23.3 Å². The van der Waals surface area contributed by atoms with Crippen LogP contribution in [0.2, 0.25) is 0 Å². The molecule has 38 heavy (non-hydrogen) atoms. The van der Waals surface area contributed by atoms with Crippen LogP contribution in [0.3, 0.4) is 0 Å². The van der Waals surface area contributed by atoms with Gasteiger partial charge in [-0.2, -0.15) is 18.3 Å². The van der Waals surface area contributed by atoms with Crippen molar-refractivity contribution in [2.45, 2.75) is 57.3 Å². The third kappa shape index (κ3) is 5.27. The van der Waals surface area contributed by atoms with Crippen molar-refractivity contribution in [2.75, 3.05) is 5.32 Å². The predicted molar refractivity (Wildman–Crippen MR) is 131 cm³/mol. The molecule has 0 spiro atoms. The van der Waals surface area contributed by atoms with Gasteiger partial charge in [0.05, 0.1) is 34.7 Å². The molecular formula is C25H23F4N7O2. The maximum absolute atomic E-state index is 14.9. The molecule has 5 rings (SSSR count). The van der Waals surface area contributed by atoms with Crippen LogP contribution in [0, 0.1) is 5.82 Å². The molecule has 13 heteroatoms. The molecule has 3 aromatic heterocycles. The Balaban J connectivity index is 1.27. The van der Waals surface area contributed by atoms with Gasteiger partial charge >= 0.3 is 6.18 Å². The molecule has 0 radical (unpaired) electrons. The summed E-state index contributed by atoms with van der Waals surface area (Å²) in [6.07, 6.45) is 3.79. The van der Waals surface area contributed by atoms with E-state index in [9.17, 15) is 27.2 Å². The molecular weight excluding hydrogens is 506 g/mol. The Hall–Kier alpha value is -4.16. The van der Waals surface area contributed by atoms with Gasteiger partial charge in [-0.1, -0.05) is 0 Å². The largest absolute Gasteiger partial charge is 0.423 e. The summed E-state index contributed by atoms with van der Waals surface area (Å²) < 4.78 is 56.0. The van der Waals surface area contributed by atoms with Gasteiger partial charge in [0.15, 0.2) is 5.82 Å². The van der Waals surface area contributed by atoms with Crippen molar-refractivity contribution in [2.24, 2.45) is 0 Å². The summed E-state index contributed by atoms with van der Waals surface area (Å²) in [6.45, 7) is 1.86. The van der Waals surface area contributed by atoms with Crippen molar-refractivity contribution >= 4 is 16.6 Å². The predicted octanol–water partition coefficient (Wildman–Crippen LogP) is 4.25. The Labute approximate surface area is 213 Å². The number of hydrogen-bond donors (Lipinski definition) is 2. The lowest BCUT2D eigenvalue weighted by molar-refractivity contribution is -0.138. The van der Waals surface area contributed by atoms with Gasteiger partial charge < -0.3 is 5.32 Å². The van der Waals surface area contributed by atoms with E-state index in [1.165, 1.54) is 17.0 Å². The third-order valence-electron chi connectivity index (χ3n) is 6.45. The Morgan fingerprint density at radius 1 is 1.13 bits per heavy atom. The number of anilines is 1. The summed E-state index contributed by atoms with van der Waals surface area (Å²) in [5.41, 5.74) is -2.07. The van der Waals surface area contributed by atoms with Crippen molar-refractivity contribution < 1.29 is 17.6 Å². The number of alkyl halides is 3. The number of nitrogens with one attached hydrogen (secondary N) is 2. The van der Waals surface area contributed by atoms with Crippen molar-refractivity contribution in [1.82, 2.24) is 29.7 Å². The maximum Gasteiger partial charge on any atom is 0.423 e. The molecule has 0 aliphatic heterocycles. The fourth-order valence-corrected chi connectivity index (χ4v) is 4.31. The average molecular weight is 529 g/mol. The summed E-state index contributed by atoms with van der Waals surface area (Å²) in [7, 11) is 0. The SMILES string of the molecule is C[C@@H](CCCn1cnc2cc(-c3ncc(C4CC4)cn3)c(F)cc2c1=O)Nc1cn[nH]c(=O)c1C(F)(F)F. The first-order valence-electron chi connectivity index (χ1n) is 12.0. The first-order chi connectivity index (χ1) is 18.1. The highest BCUT2D eigenvalue weighted by molar-refractivity contribution is 5.82. The minimum Gasteiger partial charge on any atom is -0.381 e. The maximum atomic E-state index is 14.9. The molecule has 4 aromatic rings. The smallest absolute Gasteiger partial charge is 0.381 e. The van der Waals surface area contributed by atoms with Gasteiger partial charge in [0.25, 0.3) is 11.1 Å². The summed E-state index contributed by atoms with van der Waals surface area (Å²) in [5, 5.41) is 7.98. The Morgan fingerprint density at radius 2 is 1.87 bits per heavy atom. The van der Waals surface area contributed by atoms with Gasteiger partial charge in [-0.05, 0) is 56.2 Å². The van der Waals surface area contributed by atoms with Gasteiger partial charge in [0, 0.05) is 25.0 Å².